The number of rotatable bonds is 5. The van der Waals surface area contributed by atoms with Crippen LogP contribution in [0.25, 0.3) is 44.3 Å². The van der Waals surface area contributed by atoms with E-state index in [0.717, 1.165) is 87.3 Å². The summed E-state index contributed by atoms with van der Waals surface area (Å²) in [6.07, 6.45) is 11.3. The SMILES string of the molecule is COc1ccc(Cl)cc1-c1ccc2ncc(N3CCCCC3)nc2c1.Cc1cc(Cl)ccc1-c1ccc2ncc(N3CCCCC3)nc2c1. The van der Waals surface area contributed by atoms with Gasteiger partial charge < -0.3 is 14.5 Å². The van der Waals surface area contributed by atoms with Crippen LogP contribution in [-0.4, -0.2) is 53.2 Å². The quantitative estimate of drug-likeness (QED) is 0.178. The molecule has 6 aromatic rings. The van der Waals surface area contributed by atoms with Crippen molar-refractivity contribution in [3.8, 4) is 28.0 Å². The topological polar surface area (TPSA) is 67.3 Å². The molecule has 0 atom stereocenters. The lowest BCUT2D eigenvalue weighted by atomic mass is 10.0. The predicted molar refractivity (Wildman–Crippen MR) is 203 cm³/mol. The fourth-order valence-corrected chi connectivity index (χ4v) is 7.14. The van der Waals surface area contributed by atoms with Gasteiger partial charge in [0.2, 0.25) is 0 Å². The van der Waals surface area contributed by atoms with Gasteiger partial charge in [0.1, 0.15) is 17.4 Å². The average Bonchev–Trinajstić information content (AvgIpc) is 3.15. The predicted octanol–water partition coefficient (Wildman–Crippen LogP) is 10.2. The van der Waals surface area contributed by atoms with Crippen LogP contribution in [0.4, 0.5) is 11.6 Å². The maximum Gasteiger partial charge on any atom is 0.147 e. The molecule has 8 rings (SSSR count). The first-order valence-electron chi connectivity index (χ1n) is 17.1. The molecule has 0 amide bonds. The van der Waals surface area contributed by atoms with E-state index in [1.165, 1.54) is 49.7 Å². The largest absolute Gasteiger partial charge is 0.496 e. The standard InChI is InChI=1S/C20H20ClN3O.C20H20ClN3/c1-25-19-8-6-15(21)12-16(19)14-5-7-17-18(11-14)23-20(13-22-17)24-9-3-2-4-10-24;1-14-11-16(21)6-7-17(14)15-5-8-18-19(12-15)23-20(13-22-18)24-9-3-2-4-10-24/h5-8,11-13H,2-4,9-10H2,1H3;5-8,11-13H,2-4,9-10H2,1H3. The number of halogens is 2. The van der Waals surface area contributed by atoms with E-state index >= 15 is 0 Å². The Hall–Kier alpha value is -4.46. The molecule has 2 aliphatic heterocycles. The maximum absolute atomic E-state index is 6.18. The van der Waals surface area contributed by atoms with Gasteiger partial charge in [-0.1, -0.05) is 41.4 Å². The summed E-state index contributed by atoms with van der Waals surface area (Å²) in [6, 6.07) is 24.0. The summed E-state index contributed by atoms with van der Waals surface area (Å²) in [4.78, 5) is 23.6. The van der Waals surface area contributed by atoms with Crippen molar-refractivity contribution >= 4 is 56.9 Å². The molecule has 7 nitrogen and oxygen atoms in total. The van der Waals surface area contributed by atoms with Crippen molar-refractivity contribution in [1.82, 2.24) is 19.9 Å². The van der Waals surface area contributed by atoms with Crippen LogP contribution in [0.3, 0.4) is 0 Å². The van der Waals surface area contributed by atoms with E-state index < -0.39 is 0 Å². The Morgan fingerprint density at radius 3 is 1.59 bits per heavy atom. The van der Waals surface area contributed by atoms with Crippen molar-refractivity contribution in [2.24, 2.45) is 0 Å². The van der Waals surface area contributed by atoms with Crippen LogP contribution in [0.15, 0.2) is 85.2 Å². The summed E-state index contributed by atoms with van der Waals surface area (Å²) in [5.74, 6) is 2.75. The second kappa shape index (κ2) is 15.0. The minimum Gasteiger partial charge on any atom is -0.496 e. The highest BCUT2D eigenvalue weighted by atomic mass is 35.5. The third-order valence-electron chi connectivity index (χ3n) is 9.39. The summed E-state index contributed by atoms with van der Waals surface area (Å²) >= 11 is 12.3. The Balaban J connectivity index is 0.000000154. The van der Waals surface area contributed by atoms with Gasteiger partial charge in [0.25, 0.3) is 0 Å². The third-order valence-corrected chi connectivity index (χ3v) is 9.86. The van der Waals surface area contributed by atoms with Crippen molar-refractivity contribution < 1.29 is 4.74 Å². The highest BCUT2D eigenvalue weighted by molar-refractivity contribution is 6.31. The second-order valence-corrected chi connectivity index (χ2v) is 13.6. The average molecular weight is 692 g/mol. The van der Waals surface area contributed by atoms with Crippen LogP contribution in [0.5, 0.6) is 5.75 Å². The van der Waals surface area contributed by atoms with Gasteiger partial charge in [0.05, 0.1) is 41.6 Å². The molecule has 4 heterocycles. The van der Waals surface area contributed by atoms with Crippen LogP contribution in [-0.2, 0) is 0 Å². The number of ether oxygens (including phenoxy) is 1. The zero-order valence-corrected chi connectivity index (χ0v) is 29.5. The molecule has 2 fully saturated rings. The van der Waals surface area contributed by atoms with Crippen molar-refractivity contribution in [3.05, 3.63) is 101 Å². The number of hydrogen-bond donors (Lipinski definition) is 0. The Morgan fingerprint density at radius 2 is 1.06 bits per heavy atom. The Kier molecular flexibility index (Phi) is 10.1. The molecule has 2 aromatic heterocycles. The van der Waals surface area contributed by atoms with Crippen molar-refractivity contribution in [2.45, 2.75) is 45.4 Å². The second-order valence-electron chi connectivity index (χ2n) is 12.8. The lowest BCUT2D eigenvalue weighted by Gasteiger charge is -2.27. The molecule has 0 unspecified atom stereocenters. The number of aryl methyl sites for hydroxylation is 1. The molecule has 49 heavy (non-hydrogen) atoms. The van der Waals surface area contributed by atoms with E-state index in [-0.39, 0.29) is 0 Å². The van der Waals surface area contributed by atoms with Gasteiger partial charge >= 0.3 is 0 Å². The van der Waals surface area contributed by atoms with Gasteiger partial charge in [-0.15, -0.1) is 0 Å². The molecule has 250 valence electrons. The number of nitrogens with zero attached hydrogens (tertiary/aromatic N) is 6. The fourth-order valence-electron chi connectivity index (χ4n) is 6.75. The summed E-state index contributed by atoms with van der Waals surface area (Å²) in [7, 11) is 1.67. The van der Waals surface area contributed by atoms with Gasteiger partial charge in [0, 0.05) is 41.8 Å². The summed E-state index contributed by atoms with van der Waals surface area (Å²) in [5, 5.41) is 1.45. The molecule has 2 aliphatic rings. The first-order valence-corrected chi connectivity index (χ1v) is 17.8. The Bertz CT molecular complexity index is 2090. The van der Waals surface area contributed by atoms with Gasteiger partial charge in [-0.05, 0) is 122 Å². The normalized spacial score (nSPS) is 14.9. The van der Waals surface area contributed by atoms with Crippen LogP contribution in [0.2, 0.25) is 10.0 Å². The molecule has 0 aliphatic carbocycles. The molecule has 4 aromatic carbocycles. The number of fused-ring (bicyclic) bond motifs is 2. The molecule has 0 N–H and O–H groups in total. The van der Waals surface area contributed by atoms with E-state index in [1.807, 2.05) is 60.9 Å². The van der Waals surface area contributed by atoms with E-state index in [4.69, 9.17) is 37.9 Å². The minimum atomic E-state index is 0.684. The zero-order valence-electron chi connectivity index (χ0n) is 28.0. The van der Waals surface area contributed by atoms with E-state index in [1.54, 1.807) is 7.11 Å². The van der Waals surface area contributed by atoms with E-state index in [2.05, 4.69) is 51.0 Å². The molecular formula is C40H40Cl2N6O. The fraction of sp³-hybridized carbons (Fsp3) is 0.300. The number of methoxy groups -OCH3 is 1. The van der Waals surface area contributed by atoms with Crippen LogP contribution >= 0.6 is 23.2 Å². The molecule has 9 heteroatoms. The van der Waals surface area contributed by atoms with Crippen LogP contribution in [0, 0.1) is 6.92 Å². The minimum absolute atomic E-state index is 0.684. The molecule has 0 bridgehead atoms. The van der Waals surface area contributed by atoms with Crippen LogP contribution in [0.1, 0.15) is 44.1 Å². The molecular weight excluding hydrogens is 651 g/mol. The monoisotopic (exact) mass is 690 g/mol. The third kappa shape index (κ3) is 7.58. The zero-order chi connectivity index (χ0) is 33.7. The number of anilines is 2. The Morgan fingerprint density at radius 1 is 0.551 bits per heavy atom. The van der Waals surface area contributed by atoms with Crippen LogP contribution < -0.4 is 14.5 Å². The molecule has 0 saturated carbocycles. The van der Waals surface area contributed by atoms with Crippen molar-refractivity contribution in [2.75, 3.05) is 43.1 Å². The van der Waals surface area contributed by atoms with Crippen molar-refractivity contribution in [1.29, 1.82) is 0 Å². The van der Waals surface area contributed by atoms with Gasteiger partial charge in [-0.3, -0.25) is 9.97 Å². The van der Waals surface area contributed by atoms with Crippen molar-refractivity contribution in [3.63, 3.8) is 0 Å². The highest BCUT2D eigenvalue weighted by Gasteiger charge is 2.15. The smallest absolute Gasteiger partial charge is 0.147 e. The number of benzene rings is 4. The Labute approximate surface area is 297 Å². The first-order chi connectivity index (χ1) is 23.9. The summed E-state index contributed by atoms with van der Waals surface area (Å²) in [6.45, 7) is 6.36. The maximum atomic E-state index is 6.18. The first kappa shape index (κ1) is 33.1. The summed E-state index contributed by atoms with van der Waals surface area (Å²) < 4.78 is 5.48. The molecule has 0 radical (unpaired) electrons. The number of hydrogen-bond acceptors (Lipinski definition) is 7. The summed E-state index contributed by atoms with van der Waals surface area (Å²) in [5.41, 5.74) is 9.17. The van der Waals surface area contributed by atoms with Gasteiger partial charge in [-0.2, -0.15) is 0 Å². The lowest BCUT2D eigenvalue weighted by Crippen LogP contribution is -2.30. The lowest BCUT2D eigenvalue weighted by molar-refractivity contribution is 0.416. The molecule has 0 spiro atoms. The highest BCUT2D eigenvalue weighted by Crippen LogP contribution is 2.34. The molecule has 2 saturated heterocycles. The van der Waals surface area contributed by atoms with E-state index in [0.29, 0.717) is 5.02 Å². The van der Waals surface area contributed by atoms with E-state index in [9.17, 15) is 0 Å². The van der Waals surface area contributed by atoms with Gasteiger partial charge in [-0.25, -0.2) is 9.97 Å². The number of piperidine rings is 2. The van der Waals surface area contributed by atoms with Gasteiger partial charge in [0.15, 0.2) is 0 Å². The number of aromatic nitrogens is 4.